The van der Waals surface area contributed by atoms with Crippen LogP contribution in [-0.2, 0) is 20.2 Å². The summed E-state index contributed by atoms with van der Waals surface area (Å²) in [6.07, 6.45) is 2.53. The molecular formula is C14H15N3O6S2. The first-order chi connectivity index (χ1) is 11.5. The highest BCUT2D eigenvalue weighted by atomic mass is 32.2. The molecule has 0 aliphatic rings. The molecule has 7 N–H and O–H groups in total. The number of nitrogens with two attached hydrogens (primary N) is 2. The molecule has 2 aromatic rings. The van der Waals surface area contributed by atoms with Crippen molar-refractivity contribution >= 4 is 43.8 Å². The van der Waals surface area contributed by atoms with Gasteiger partial charge in [0.05, 0.1) is 0 Å². The van der Waals surface area contributed by atoms with E-state index in [1.165, 1.54) is 36.4 Å². The van der Waals surface area contributed by atoms with Gasteiger partial charge in [0.2, 0.25) is 0 Å². The Hall–Kier alpha value is -2.44. The maximum absolute atomic E-state index is 11.5. The summed E-state index contributed by atoms with van der Waals surface area (Å²) < 4.78 is 64.5. The molecule has 0 fully saturated rings. The van der Waals surface area contributed by atoms with Gasteiger partial charge in [-0.1, -0.05) is 24.3 Å². The van der Waals surface area contributed by atoms with Gasteiger partial charge in [0.25, 0.3) is 20.2 Å². The van der Waals surface area contributed by atoms with Crippen LogP contribution in [0.1, 0.15) is 11.1 Å². The summed E-state index contributed by atoms with van der Waals surface area (Å²) in [7, 11) is -9.09. The molecule has 9 nitrogen and oxygen atoms in total. The van der Waals surface area contributed by atoms with Crippen molar-refractivity contribution in [3.05, 3.63) is 47.5 Å². The second-order valence-electron chi connectivity index (χ2n) is 4.98. The van der Waals surface area contributed by atoms with Gasteiger partial charge < -0.3 is 11.2 Å². The fourth-order valence-electron chi connectivity index (χ4n) is 2.08. The minimum absolute atomic E-state index is 0.0824. The van der Waals surface area contributed by atoms with E-state index in [0.717, 1.165) is 12.1 Å². The third-order valence-corrected chi connectivity index (χ3v) is 5.03. The number of hydrogen-bond donors (Lipinski definition) is 5. The lowest BCUT2D eigenvalue weighted by atomic mass is 10.1. The van der Waals surface area contributed by atoms with Gasteiger partial charge >= 0.3 is 0 Å². The van der Waals surface area contributed by atoms with Gasteiger partial charge in [-0.15, -0.1) is 0 Å². The van der Waals surface area contributed by atoms with Crippen molar-refractivity contribution in [2.24, 2.45) is 5.84 Å². The molecule has 2 aromatic carbocycles. The normalized spacial score (nSPS) is 12.4. The van der Waals surface area contributed by atoms with Gasteiger partial charge in [0.1, 0.15) is 9.79 Å². The van der Waals surface area contributed by atoms with Gasteiger partial charge in [0, 0.05) is 11.4 Å². The zero-order chi connectivity index (χ0) is 18.8. The van der Waals surface area contributed by atoms with Crippen molar-refractivity contribution in [1.82, 2.24) is 0 Å². The predicted molar refractivity (Wildman–Crippen MR) is 93.7 cm³/mol. The van der Waals surface area contributed by atoms with Crippen LogP contribution in [-0.4, -0.2) is 25.9 Å². The van der Waals surface area contributed by atoms with Crippen molar-refractivity contribution in [3.63, 3.8) is 0 Å². The van der Waals surface area contributed by atoms with Crippen LogP contribution in [0.5, 0.6) is 0 Å². The Labute approximate surface area is 144 Å². The first-order valence-electron chi connectivity index (χ1n) is 6.65. The molecule has 0 bridgehead atoms. The van der Waals surface area contributed by atoms with E-state index in [1.807, 2.05) is 0 Å². The van der Waals surface area contributed by atoms with Crippen LogP contribution in [0, 0.1) is 0 Å². The molecule has 0 aliphatic heterocycles. The quantitative estimate of drug-likeness (QED) is 0.167. The van der Waals surface area contributed by atoms with Crippen molar-refractivity contribution in [2.75, 3.05) is 11.2 Å². The number of hydrazine groups is 1. The molecule has 0 amide bonds. The van der Waals surface area contributed by atoms with E-state index in [0.29, 0.717) is 0 Å². The molecule has 2 rings (SSSR count). The summed E-state index contributed by atoms with van der Waals surface area (Å²) in [5, 5.41) is 0. The monoisotopic (exact) mass is 385 g/mol. The SMILES string of the molecule is NNc1ccc(C=Cc2ccc(N)cc2S(=O)(=O)O)c(S(=O)(=O)O)c1. The maximum atomic E-state index is 11.5. The zero-order valence-electron chi connectivity index (χ0n) is 12.6. The molecule has 0 saturated heterocycles. The predicted octanol–water partition coefficient (Wildman–Crippen LogP) is 1.22. The van der Waals surface area contributed by atoms with Crippen molar-refractivity contribution < 1.29 is 25.9 Å². The van der Waals surface area contributed by atoms with E-state index < -0.39 is 30.0 Å². The Balaban J connectivity index is 2.58. The van der Waals surface area contributed by atoms with Crippen LogP contribution in [0.25, 0.3) is 12.2 Å². The minimum Gasteiger partial charge on any atom is -0.399 e. The summed E-state index contributed by atoms with van der Waals surface area (Å²) in [6, 6.07) is 7.76. The van der Waals surface area contributed by atoms with E-state index in [-0.39, 0.29) is 22.5 Å². The van der Waals surface area contributed by atoms with E-state index in [2.05, 4.69) is 5.43 Å². The standard InChI is InChI=1S/C14H15N3O6S2/c15-11-5-3-9(13(7-11)24(18,19)20)1-2-10-4-6-12(17-16)8-14(10)25(21,22)23/h1-8,17H,15-16H2,(H,18,19,20)(H,21,22,23). The van der Waals surface area contributed by atoms with Gasteiger partial charge in [0.15, 0.2) is 0 Å². The van der Waals surface area contributed by atoms with Crippen molar-refractivity contribution in [2.45, 2.75) is 9.79 Å². The molecule has 0 aliphatic carbocycles. The lowest BCUT2D eigenvalue weighted by Crippen LogP contribution is -2.08. The molecule has 25 heavy (non-hydrogen) atoms. The molecule has 0 heterocycles. The second kappa shape index (κ2) is 6.82. The number of nitrogen functional groups attached to an aromatic ring is 2. The van der Waals surface area contributed by atoms with Crippen LogP contribution >= 0.6 is 0 Å². The largest absolute Gasteiger partial charge is 0.399 e. The zero-order valence-corrected chi connectivity index (χ0v) is 14.3. The van der Waals surface area contributed by atoms with Gasteiger partial charge in [-0.25, -0.2) is 0 Å². The van der Waals surface area contributed by atoms with E-state index in [4.69, 9.17) is 11.6 Å². The molecule has 134 valence electrons. The molecular weight excluding hydrogens is 370 g/mol. The smallest absolute Gasteiger partial charge is 0.295 e. The first kappa shape index (κ1) is 18.9. The van der Waals surface area contributed by atoms with Crippen molar-refractivity contribution in [3.8, 4) is 0 Å². The summed E-state index contributed by atoms with van der Waals surface area (Å²) in [5.74, 6) is 5.21. The lowest BCUT2D eigenvalue weighted by Gasteiger charge is -2.07. The first-order valence-corrected chi connectivity index (χ1v) is 9.53. The Kier molecular flexibility index (Phi) is 5.15. The van der Waals surface area contributed by atoms with Crippen LogP contribution in [0.4, 0.5) is 11.4 Å². The fraction of sp³-hybridized carbons (Fsp3) is 0. The highest BCUT2D eigenvalue weighted by Gasteiger charge is 2.16. The molecule has 11 heteroatoms. The topological polar surface area (TPSA) is 173 Å². The summed E-state index contributed by atoms with van der Waals surface area (Å²) in [6.45, 7) is 0. The third-order valence-electron chi connectivity index (χ3n) is 3.22. The van der Waals surface area contributed by atoms with Crippen molar-refractivity contribution in [1.29, 1.82) is 0 Å². The third kappa shape index (κ3) is 4.55. The Morgan fingerprint density at radius 1 is 0.840 bits per heavy atom. The second-order valence-corrected chi connectivity index (χ2v) is 7.76. The number of nitrogens with one attached hydrogen (secondary N) is 1. The average Bonchev–Trinajstić information content (AvgIpc) is 2.51. The molecule has 0 radical (unpaired) electrons. The van der Waals surface area contributed by atoms with Gasteiger partial charge in [-0.05, 0) is 35.4 Å². The molecule has 0 spiro atoms. The molecule has 0 saturated carbocycles. The number of benzene rings is 2. The van der Waals surface area contributed by atoms with Gasteiger partial charge in [-0.2, -0.15) is 16.8 Å². The van der Waals surface area contributed by atoms with E-state index in [1.54, 1.807) is 0 Å². The number of hydrogen-bond acceptors (Lipinski definition) is 7. The fourth-order valence-corrected chi connectivity index (χ4v) is 3.51. The van der Waals surface area contributed by atoms with Gasteiger partial charge in [-0.3, -0.25) is 14.9 Å². The Morgan fingerprint density at radius 3 is 1.80 bits per heavy atom. The van der Waals surface area contributed by atoms with E-state index in [9.17, 15) is 25.9 Å². The lowest BCUT2D eigenvalue weighted by molar-refractivity contribution is 0.480. The molecule has 0 aromatic heterocycles. The number of rotatable bonds is 5. The highest BCUT2D eigenvalue weighted by Crippen LogP contribution is 2.25. The Bertz CT molecular complexity index is 1050. The maximum Gasteiger partial charge on any atom is 0.295 e. The summed E-state index contributed by atoms with van der Waals surface area (Å²) in [5.41, 5.74) is 8.30. The highest BCUT2D eigenvalue weighted by molar-refractivity contribution is 7.86. The summed E-state index contributed by atoms with van der Waals surface area (Å²) in [4.78, 5) is -0.861. The Morgan fingerprint density at radius 2 is 1.32 bits per heavy atom. The van der Waals surface area contributed by atoms with Crippen LogP contribution in [0.2, 0.25) is 0 Å². The van der Waals surface area contributed by atoms with Crippen LogP contribution in [0.3, 0.4) is 0 Å². The summed E-state index contributed by atoms with van der Waals surface area (Å²) >= 11 is 0. The van der Waals surface area contributed by atoms with Crippen LogP contribution in [0.15, 0.2) is 46.2 Å². The van der Waals surface area contributed by atoms with E-state index >= 15 is 0 Å². The molecule has 0 unspecified atom stereocenters. The molecule has 0 atom stereocenters. The van der Waals surface area contributed by atoms with Crippen LogP contribution < -0.4 is 17.0 Å². The number of anilines is 2. The average molecular weight is 385 g/mol. The minimum atomic E-state index is -4.55.